The highest BCUT2D eigenvalue weighted by molar-refractivity contribution is 5.34. The lowest BCUT2D eigenvalue weighted by Crippen LogP contribution is -2.19. The van der Waals surface area contributed by atoms with Gasteiger partial charge in [0.05, 0.1) is 12.5 Å². The highest BCUT2D eigenvalue weighted by Gasteiger charge is 2.26. The maximum Gasteiger partial charge on any atom is 0.0670 e. The molecule has 0 aromatic heterocycles. The number of nitrogens with two attached hydrogens (primary N) is 1. The van der Waals surface area contributed by atoms with Gasteiger partial charge in [0, 0.05) is 13.2 Å². The fraction of sp³-hybridized carbons (Fsp3) is 0.500. The number of rotatable bonds is 4. The van der Waals surface area contributed by atoms with Crippen molar-refractivity contribution in [1.82, 2.24) is 5.01 Å². The first-order valence-electron chi connectivity index (χ1n) is 4.39. The molecular weight excluding hydrogens is 162 g/mol. The summed E-state index contributed by atoms with van der Waals surface area (Å²) in [5.41, 5.74) is 2.05. The van der Waals surface area contributed by atoms with Gasteiger partial charge in [0.2, 0.25) is 0 Å². The molecule has 0 radical (unpaired) electrons. The molecule has 0 atom stereocenters. The Morgan fingerprint density at radius 2 is 2.38 bits per heavy atom. The number of hydrazine groups is 1. The molecule has 1 rings (SSSR count). The highest BCUT2D eigenvalue weighted by Crippen LogP contribution is 2.39. The third kappa shape index (κ3) is 2.92. The molecule has 0 aromatic rings. The van der Waals surface area contributed by atoms with Gasteiger partial charge in [-0.25, -0.2) is 5.84 Å². The first kappa shape index (κ1) is 9.82. The molecule has 0 saturated heterocycles. The van der Waals surface area contributed by atoms with Crippen molar-refractivity contribution in [2.45, 2.75) is 19.3 Å². The molecule has 0 aliphatic heterocycles. The minimum atomic E-state index is 0.400. The van der Waals surface area contributed by atoms with E-state index < -0.39 is 0 Å². The van der Waals surface area contributed by atoms with Gasteiger partial charge in [-0.1, -0.05) is 6.58 Å². The van der Waals surface area contributed by atoms with E-state index in [1.165, 1.54) is 17.9 Å². The first-order valence-corrected chi connectivity index (χ1v) is 4.39. The molecule has 0 bridgehead atoms. The van der Waals surface area contributed by atoms with Crippen LogP contribution in [-0.4, -0.2) is 12.1 Å². The van der Waals surface area contributed by atoms with Crippen LogP contribution < -0.4 is 5.84 Å². The fourth-order valence-electron chi connectivity index (χ4n) is 1.27. The highest BCUT2D eigenvalue weighted by atomic mass is 15.4. The van der Waals surface area contributed by atoms with E-state index in [4.69, 9.17) is 11.1 Å². The van der Waals surface area contributed by atoms with E-state index >= 15 is 0 Å². The lowest BCUT2D eigenvalue weighted by molar-refractivity contribution is 0.480. The molecule has 0 spiro atoms. The molecule has 3 nitrogen and oxygen atoms in total. The van der Waals surface area contributed by atoms with Gasteiger partial charge in [-0.3, -0.25) is 0 Å². The normalized spacial score (nSPS) is 16.5. The van der Waals surface area contributed by atoms with E-state index in [0.717, 1.165) is 11.1 Å². The molecule has 0 heterocycles. The Morgan fingerprint density at radius 1 is 1.77 bits per heavy atom. The van der Waals surface area contributed by atoms with Gasteiger partial charge in [0.25, 0.3) is 0 Å². The van der Waals surface area contributed by atoms with Crippen LogP contribution in [0.25, 0.3) is 0 Å². The summed E-state index contributed by atoms with van der Waals surface area (Å²) in [6, 6.07) is 2.13. The molecule has 2 N–H and O–H groups in total. The minimum Gasteiger partial charge on any atom is -0.321 e. The van der Waals surface area contributed by atoms with Gasteiger partial charge in [0.1, 0.15) is 0 Å². The number of nitrogens with zero attached hydrogens (tertiary/aromatic N) is 2. The lowest BCUT2D eigenvalue weighted by Gasteiger charge is -2.10. The van der Waals surface area contributed by atoms with Crippen LogP contribution in [0.4, 0.5) is 0 Å². The van der Waals surface area contributed by atoms with Crippen LogP contribution in [0.2, 0.25) is 0 Å². The van der Waals surface area contributed by atoms with Gasteiger partial charge in [-0.05, 0) is 29.9 Å². The quantitative estimate of drug-likeness (QED) is 0.403. The Labute approximate surface area is 79.1 Å². The molecule has 0 amide bonds. The summed E-state index contributed by atoms with van der Waals surface area (Å²) < 4.78 is 0. The summed E-state index contributed by atoms with van der Waals surface area (Å²) in [5.74, 6) is 6.09. The van der Waals surface area contributed by atoms with E-state index in [-0.39, 0.29) is 0 Å². The molecule has 1 saturated carbocycles. The summed E-state index contributed by atoms with van der Waals surface area (Å²) in [5, 5.41) is 10.1. The maximum absolute atomic E-state index is 8.61. The van der Waals surface area contributed by atoms with E-state index in [0.29, 0.717) is 12.3 Å². The zero-order valence-electron chi connectivity index (χ0n) is 7.95. The second-order valence-corrected chi connectivity index (χ2v) is 3.45. The Bertz CT molecular complexity index is 266. The number of allylic oxidation sites excluding steroid dienone is 2. The van der Waals surface area contributed by atoms with Crippen molar-refractivity contribution in [1.29, 1.82) is 5.26 Å². The van der Waals surface area contributed by atoms with Crippen molar-refractivity contribution in [3.05, 3.63) is 23.9 Å². The first-order chi connectivity index (χ1) is 6.15. The monoisotopic (exact) mass is 177 g/mol. The second-order valence-electron chi connectivity index (χ2n) is 3.45. The van der Waals surface area contributed by atoms with Crippen LogP contribution in [-0.2, 0) is 0 Å². The van der Waals surface area contributed by atoms with Crippen molar-refractivity contribution in [3.63, 3.8) is 0 Å². The number of hydrogen-bond acceptors (Lipinski definition) is 3. The van der Waals surface area contributed by atoms with Crippen molar-refractivity contribution < 1.29 is 0 Å². The topological polar surface area (TPSA) is 53.0 Å². The zero-order valence-corrected chi connectivity index (χ0v) is 7.95. The van der Waals surface area contributed by atoms with Gasteiger partial charge in [-0.15, -0.1) is 0 Å². The Kier molecular flexibility index (Phi) is 3.10. The Hall–Kier alpha value is -1.27. The summed E-state index contributed by atoms with van der Waals surface area (Å²) >= 11 is 0. The van der Waals surface area contributed by atoms with Crippen molar-refractivity contribution >= 4 is 0 Å². The van der Waals surface area contributed by atoms with Crippen LogP contribution in [0.3, 0.4) is 0 Å². The smallest absolute Gasteiger partial charge is 0.0670 e. The van der Waals surface area contributed by atoms with Crippen LogP contribution >= 0.6 is 0 Å². The Morgan fingerprint density at radius 3 is 2.77 bits per heavy atom. The molecule has 3 heteroatoms. The van der Waals surface area contributed by atoms with Crippen molar-refractivity contribution in [2.24, 2.45) is 11.8 Å². The zero-order chi connectivity index (χ0) is 9.84. The van der Waals surface area contributed by atoms with Crippen LogP contribution in [0.1, 0.15) is 19.3 Å². The van der Waals surface area contributed by atoms with E-state index in [2.05, 4.69) is 12.6 Å². The summed E-state index contributed by atoms with van der Waals surface area (Å²) in [4.78, 5) is 0. The third-order valence-corrected chi connectivity index (χ3v) is 2.11. The van der Waals surface area contributed by atoms with Gasteiger partial charge >= 0.3 is 0 Å². The number of hydrogen-bond donors (Lipinski definition) is 1. The minimum absolute atomic E-state index is 0.400. The molecule has 1 aliphatic carbocycles. The van der Waals surface area contributed by atoms with E-state index in [1.807, 2.05) is 0 Å². The van der Waals surface area contributed by atoms with Crippen LogP contribution in [0, 0.1) is 17.2 Å². The van der Waals surface area contributed by atoms with Gasteiger partial charge < -0.3 is 5.01 Å². The van der Waals surface area contributed by atoms with E-state index in [1.54, 1.807) is 13.2 Å². The van der Waals surface area contributed by atoms with E-state index in [9.17, 15) is 0 Å². The Balaban J connectivity index is 2.66. The largest absolute Gasteiger partial charge is 0.321 e. The van der Waals surface area contributed by atoms with Crippen molar-refractivity contribution in [3.8, 4) is 6.07 Å². The average Bonchev–Trinajstić information content (AvgIpc) is 2.84. The molecule has 0 aromatic carbocycles. The summed E-state index contributed by atoms with van der Waals surface area (Å²) in [6.45, 7) is 3.99. The second kappa shape index (κ2) is 4.11. The SMILES string of the molecule is C=C(/C(=C\N(C)N)CC#N)C1CC1. The lowest BCUT2D eigenvalue weighted by atomic mass is 10.0. The molecule has 13 heavy (non-hydrogen) atoms. The third-order valence-electron chi connectivity index (χ3n) is 2.11. The standard InChI is InChI=1S/C10H15N3/c1-8(9-3-4-9)10(5-6-11)7-13(2)12/h7,9H,1,3-5,12H2,2H3/b10-7-. The number of nitriles is 1. The fourth-order valence-corrected chi connectivity index (χ4v) is 1.27. The van der Waals surface area contributed by atoms with Crippen molar-refractivity contribution in [2.75, 3.05) is 7.05 Å². The maximum atomic E-state index is 8.61. The molecule has 0 unspecified atom stereocenters. The van der Waals surface area contributed by atoms with Gasteiger partial charge in [-0.2, -0.15) is 5.26 Å². The molecular formula is C10H15N3. The molecule has 1 aliphatic rings. The molecule has 70 valence electrons. The summed E-state index contributed by atoms with van der Waals surface area (Å²) in [6.07, 6.45) is 4.59. The average molecular weight is 177 g/mol. The molecule has 1 fully saturated rings. The summed E-state index contributed by atoms with van der Waals surface area (Å²) in [7, 11) is 1.75. The predicted molar refractivity (Wildman–Crippen MR) is 52.1 cm³/mol. The van der Waals surface area contributed by atoms with Gasteiger partial charge in [0.15, 0.2) is 0 Å². The van der Waals surface area contributed by atoms with Crippen LogP contribution in [0.15, 0.2) is 23.9 Å². The van der Waals surface area contributed by atoms with Crippen LogP contribution in [0.5, 0.6) is 0 Å². The predicted octanol–water partition coefficient (Wildman–Crippen LogP) is 1.56.